The first-order chi connectivity index (χ1) is 14.2. The number of carbonyl (C=O) groups excluding carboxylic acids is 1. The van der Waals surface area contributed by atoms with Gasteiger partial charge < -0.3 is 15.0 Å². The van der Waals surface area contributed by atoms with Crippen LogP contribution in [0.4, 0.5) is 5.69 Å². The molecule has 2 aromatic carbocycles. The quantitative estimate of drug-likeness (QED) is 0.550. The van der Waals surface area contributed by atoms with Crippen molar-refractivity contribution in [2.24, 2.45) is 0 Å². The van der Waals surface area contributed by atoms with Gasteiger partial charge in [0, 0.05) is 28.6 Å². The Hall–Kier alpha value is -3.50. The van der Waals surface area contributed by atoms with Gasteiger partial charge in [-0.25, -0.2) is 18.1 Å². The lowest BCUT2D eigenvalue weighted by Crippen LogP contribution is -2.20. The Morgan fingerprint density at radius 1 is 1.13 bits per heavy atom. The Labute approximate surface area is 173 Å². The number of benzene rings is 2. The van der Waals surface area contributed by atoms with Crippen LogP contribution >= 0.6 is 0 Å². The summed E-state index contributed by atoms with van der Waals surface area (Å²) in [5, 5.41) is 2.72. The molecule has 0 aliphatic heterocycles. The third-order valence-electron chi connectivity index (χ3n) is 4.25. The van der Waals surface area contributed by atoms with Crippen LogP contribution in [-0.2, 0) is 10.0 Å². The summed E-state index contributed by atoms with van der Waals surface area (Å²) in [5.41, 5.74) is 1.50. The summed E-state index contributed by atoms with van der Waals surface area (Å²) in [6, 6.07) is 12.3. The first-order valence-corrected chi connectivity index (χ1v) is 10.3. The minimum atomic E-state index is -3.82. The third kappa shape index (κ3) is 4.56. The third-order valence-corrected chi connectivity index (χ3v) is 5.68. The number of anilines is 1. The number of ether oxygens (including phenoxy) is 1. The lowest BCUT2D eigenvalue weighted by atomic mass is 10.1. The Morgan fingerprint density at radius 3 is 2.57 bits per heavy atom. The van der Waals surface area contributed by atoms with E-state index in [0.717, 1.165) is 0 Å². The predicted molar refractivity (Wildman–Crippen MR) is 112 cm³/mol. The molecule has 0 fully saturated rings. The molecule has 10 heteroatoms. The highest BCUT2D eigenvalue weighted by molar-refractivity contribution is 7.89. The van der Waals surface area contributed by atoms with Gasteiger partial charge in [-0.2, -0.15) is 0 Å². The lowest BCUT2D eigenvalue weighted by Gasteiger charge is -2.11. The van der Waals surface area contributed by atoms with Gasteiger partial charge in [-0.3, -0.25) is 9.59 Å². The summed E-state index contributed by atoms with van der Waals surface area (Å²) in [7, 11) is -1.20. The minimum absolute atomic E-state index is 0.123. The van der Waals surface area contributed by atoms with E-state index in [1.54, 1.807) is 31.2 Å². The first kappa shape index (κ1) is 21.2. The van der Waals surface area contributed by atoms with Gasteiger partial charge in [-0.05, 0) is 44.3 Å². The molecule has 0 saturated carbocycles. The molecular formula is C20H20N4O5S. The van der Waals surface area contributed by atoms with Crippen molar-refractivity contribution in [3.8, 4) is 17.1 Å². The summed E-state index contributed by atoms with van der Waals surface area (Å²) in [4.78, 5) is 31.2. The number of carbonyl (C=O) groups is 1. The van der Waals surface area contributed by atoms with E-state index in [4.69, 9.17) is 4.74 Å². The van der Waals surface area contributed by atoms with Crippen LogP contribution in [0.3, 0.4) is 0 Å². The SMILES string of the molecule is CNS(=O)(=O)c1cc(C(=O)Nc2cccc(-c3nc(C)cc(=O)[nH]3)c2)ccc1OC. The van der Waals surface area contributed by atoms with Gasteiger partial charge in [0.05, 0.1) is 7.11 Å². The molecule has 1 heterocycles. The zero-order valence-electron chi connectivity index (χ0n) is 16.5. The largest absolute Gasteiger partial charge is 0.495 e. The number of hydrogen-bond donors (Lipinski definition) is 3. The second-order valence-electron chi connectivity index (χ2n) is 6.34. The fourth-order valence-corrected chi connectivity index (χ4v) is 3.72. The first-order valence-electron chi connectivity index (χ1n) is 8.85. The molecule has 0 aliphatic carbocycles. The molecule has 0 spiro atoms. The number of aryl methyl sites for hydroxylation is 1. The highest BCUT2D eigenvalue weighted by Gasteiger charge is 2.20. The van der Waals surface area contributed by atoms with E-state index in [1.165, 1.54) is 38.4 Å². The van der Waals surface area contributed by atoms with Crippen molar-refractivity contribution in [2.45, 2.75) is 11.8 Å². The van der Waals surface area contributed by atoms with Crippen molar-refractivity contribution < 1.29 is 17.9 Å². The van der Waals surface area contributed by atoms with Crippen molar-refractivity contribution in [2.75, 3.05) is 19.5 Å². The van der Waals surface area contributed by atoms with E-state index >= 15 is 0 Å². The number of amides is 1. The maximum absolute atomic E-state index is 12.7. The van der Waals surface area contributed by atoms with Crippen LogP contribution in [0.25, 0.3) is 11.4 Å². The average molecular weight is 428 g/mol. The Morgan fingerprint density at radius 2 is 1.90 bits per heavy atom. The van der Waals surface area contributed by atoms with E-state index in [1.807, 2.05) is 0 Å². The van der Waals surface area contributed by atoms with E-state index in [0.29, 0.717) is 22.8 Å². The van der Waals surface area contributed by atoms with Crippen molar-refractivity contribution in [3.63, 3.8) is 0 Å². The standard InChI is InChI=1S/C20H20N4O5S/c1-12-9-18(25)24-19(22-12)13-5-4-6-15(10-13)23-20(26)14-7-8-16(29-3)17(11-14)30(27,28)21-2/h4-11,21H,1-3H3,(H,23,26)(H,22,24,25). The van der Waals surface area contributed by atoms with E-state index in [-0.39, 0.29) is 21.8 Å². The van der Waals surface area contributed by atoms with Crippen molar-refractivity contribution in [3.05, 3.63) is 70.1 Å². The highest BCUT2D eigenvalue weighted by Crippen LogP contribution is 2.25. The van der Waals surface area contributed by atoms with Gasteiger partial charge in [-0.1, -0.05) is 12.1 Å². The molecule has 0 bridgehead atoms. The maximum atomic E-state index is 12.7. The van der Waals surface area contributed by atoms with Crippen LogP contribution in [0.2, 0.25) is 0 Å². The number of nitrogens with zero attached hydrogens (tertiary/aromatic N) is 1. The van der Waals surface area contributed by atoms with Gasteiger partial charge in [0.15, 0.2) is 0 Å². The topological polar surface area (TPSA) is 130 Å². The van der Waals surface area contributed by atoms with Gasteiger partial charge in [0.25, 0.3) is 11.5 Å². The molecular weight excluding hydrogens is 408 g/mol. The van der Waals surface area contributed by atoms with Crippen LogP contribution in [0.1, 0.15) is 16.1 Å². The van der Waals surface area contributed by atoms with Gasteiger partial charge >= 0.3 is 0 Å². The normalized spacial score (nSPS) is 11.2. The molecule has 0 unspecified atom stereocenters. The molecule has 9 nitrogen and oxygen atoms in total. The summed E-state index contributed by atoms with van der Waals surface area (Å²) < 4.78 is 31.7. The fraction of sp³-hybridized carbons (Fsp3) is 0.150. The summed E-state index contributed by atoms with van der Waals surface area (Å²) in [5.74, 6) is -0.00614. The zero-order chi connectivity index (χ0) is 21.9. The number of nitrogens with one attached hydrogen (secondary N) is 3. The van der Waals surface area contributed by atoms with Crippen molar-refractivity contribution in [1.29, 1.82) is 0 Å². The van der Waals surface area contributed by atoms with Crippen LogP contribution in [0, 0.1) is 6.92 Å². The Balaban J connectivity index is 1.92. The van der Waals surface area contributed by atoms with Crippen LogP contribution in [0.5, 0.6) is 5.75 Å². The molecule has 156 valence electrons. The molecule has 1 aromatic heterocycles. The van der Waals surface area contributed by atoms with Crippen LogP contribution < -0.4 is 20.3 Å². The molecule has 3 N–H and O–H groups in total. The summed E-state index contributed by atoms with van der Waals surface area (Å²) in [6.07, 6.45) is 0. The Kier molecular flexibility index (Phi) is 5.99. The second-order valence-corrected chi connectivity index (χ2v) is 8.20. The highest BCUT2D eigenvalue weighted by atomic mass is 32.2. The molecule has 0 atom stereocenters. The average Bonchev–Trinajstić information content (AvgIpc) is 2.72. The molecule has 0 saturated heterocycles. The van der Waals surface area contributed by atoms with Crippen LogP contribution in [0.15, 0.2) is 58.2 Å². The van der Waals surface area contributed by atoms with Gasteiger partial charge in [-0.15, -0.1) is 0 Å². The molecule has 0 aliphatic rings. The number of methoxy groups -OCH3 is 1. The van der Waals surface area contributed by atoms with Crippen LogP contribution in [-0.4, -0.2) is 38.5 Å². The molecule has 30 heavy (non-hydrogen) atoms. The molecule has 3 rings (SSSR count). The fourth-order valence-electron chi connectivity index (χ4n) is 2.80. The monoisotopic (exact) mass is 428 g/mol. The van der Waals surface area contributed by atoms with E-state index < -0.39 is 15.9 Å². The molecule has 3 aromatic rings. The molecule has 0 radical (unpaired) electrons. The number of hydrogen-bond acceptors (Lipinski definition) is 6. The van der Waals surface area contributed by atoms with E-state index in [9.17, 15) is 18.0 Å². The Bertz CT molecular complexity index is 1270. The van der Waals surface area contributed by atoms with Crippen molar-refractivity contribution >= 4 is 21.6 Å². The predicted octanol–water partition coefficient (Wildman–Crippen LogP) is 1.91. The summed E-state index contributed by atoms with van der Waals surface area (Å²) >= 11 is 0. The number of H-pyrrole nitrogens is 1. The number of sulfonamides is 1. The maximum Gasteiger partial charge on any atom is 0.255 e. The molecule has 1 amide bonds. The van der Waals surface area contributed by atoms with E-state index in [2.05, 4.69) is 20.0 Å². The zero-order valence-corrected chi connectivity index (χ0v) is 17.3. The summed E-state index contributed by atoms with van der Waals surface area (Å²) in [6.45, 7) is 1.71. The smallest absolute Gasteiger partial charge is 0.255 e. The number of aromatic amines is 1. The minimum Gasteiger partial charge on any atom is -0.495 e. The second kappa shape index (κ2) is 8.47. The number of aromatic nitrogens is 2. The number of rotatable bonds is 6. The lowest BCUT2D eigenvalue weighted by molar-refractivity contribution is 0.102. The van der Waals surface area contributed by atoms with Gasteiger partial charge in [0.1, 0.15) is 16.5 Å². The van der Waals surface area contributed by atoms with Gasteiger partial charge in [0.2, 0.25) is 10.0 Å². The van der Waals surface area contributed by atoms with Crippen molar-refractivity contribution in [1.82, 2.24) is 14.7 Å².